The van der Waals surface area contributed by atoms with Gasteiger partial charge in [-0.1, -0.05) is 43.3 Å². The van der Waals surface area contributed by atoms with E-state index in [0.717, 1.165) is 55.3 Å². The Labute approximate surface area is 172 Å². The van der Waals surface area contributed by atoms with Crippen molar-refractivity contribution >= 4 is 22.7 Å². The Bertz CT molecular complexity index is 1000. The van der Waals surface area contributed by atoms with Crippen molar-refractivity contribution in [2.45, 2.75) is 38.8 Å². The maximum atomic E-state index is 4.99. The molecular formula is C24H29N5. The number of fused-ring (bicyclic) bond motifs is 2. The summed E-state index contributed by atoms with van der Waals surface area (Å²) in [6, 6.07) is 17.7. The SMILES string of the molecule is CCN1CCCC1CNc1nc(N2CCc3ccccc3C2)c2ccccc2n1. The fourth-order valence-electron chi connectivity index (χ4n) is 4.81. The Balaban J connectivity index is 1.43. The summed E-state index contributed by atoms with van der Waals surface area (Å²) in [6.07, 6.45) is 3.60. The van der Waals surface area contributed by atoms with Gasteiger partial charge in [-0.3, -0.25) is 4.90 Å². The lowest BCUT2D eigenvalue weighted by Crippen LogP contribution is -2.35. The van der Waals surface area contributed by atoms with Crippen LogP contribution < -0.4 is 10.2 Å². The first kappa shape index (κ1) is 18.4. The number of rotatable bonds is 5. The van der Waals surface area contributed by atoms with Crippen molar-refractivity contribution in [1.82, 2.24) is 14.9 Å². The van der Waals surface area contributed by atoms with Gasteiger partial charge in [0.25, 0.3) is 0 Å². The van der Waals surface area contributed by atoms with E-state index in [9.17, 15) is 0 Å². The molecule has 1 N–H and O–H groups in total. The number of likely N-dealkylation sites (tertiary alicyclic amines) is 1. The molecule has 1 aromatic heterocycles. The molecule has 0 saturated carbocycles. The van der Waals surface area contributed by atoms with Gasteiger partial charge in [0.15, 0.2) is 0 Å². The van der Waals surface area contributed by atoms with Crippen molar-refractivity contribution < 1.29 is 0 Å². The number of likely N-dealkylation sites (N-methyl/N-ethyl adjacent to an activating group) is 1. The van der Waals surface area contributed by atoms with Gasteiger partial charge < -0.3 is 10.2 Å². The Morgan fingerprint density at radius 3 is 2.72 bits per heavy atom. The molecule has 5 heteroatoms. The average Bonchev–Trinajstić information content (AvgIpc) is 3.24. The fourth-order valence-corrected chi connectivity index (χ4v) is 4.81. The number of para-hydroxylation sites is 1. The fraction of sp³-hybridized carbons (Fsp3) is 0.417. The van der Waals surface area contributed by atoms with Crippen molar-refractivity contribution in [2.24, 2.45) is 0 Å². The van der Waals surface area contributed by atoms with E-state index in [1.165, 1.54) is 30.5 Å². The van der Waals surface area contributed by atoms with Crippen molar-refractivity contribution in [1.29, 1.82) is 0 Å². The van der Waals surface area contributed by atoms with Gasteiger partial charge in [0, 0.05) is 31.1 Å². The van der Waals surface area contributed by atoms with Gasteiger partial charge in [-0.2, -0.15) is 4.98 Å². The monoisotopic (exact) mass is 387 g/mol. The van der Waals surface area contributed by atoms with E-state index >= 15 is 0 Å². The molecule has 0 bridgehead atoms. The molecule has 2 aliphatic rings. The van der Waals surface area contributed by atoms with Crippen LogP contribution in [0.5, 0.6) is 0 Å². The highest BCUT2D eigenvalue weighted by molar-refractivity contribution is 5.90. The summed E-state index contributed by atoms with van der Waals surface area (Å²) in [5.41, 5.74) is 3.87. The molecule has 1 atom stereocenters. The molecule has 0 spiro atoms. The third-order valence-corrected chi connectivity index (χ3v) is 6.41. The summed E-state index contributed by atoms with van der Waals surface area (Å²) >= 11 is 0. The van der Waals surface area contributed by atoms with Gasteiger partial charge in [-0.15, -0.1) is 0 Å². The molecule has 3 heterocycles. The van der Waals surface area contributed by atoms with Crippen LogP contribution in [-0.2, 0) is 13.0 Å². The zero-order valence-electron chi connectivity index (χ0n) is 17.1. The number of hydrogen-bond acceptors (Lipinski definition) is 5. The van der Waals surface area contributed by atoms with Crippen molar-refractivity contribution in [3.8, 4) is 0 Å². The number of hydrogen-bond donors (Lipinski definition) is 1. The number of aromatic nitrogens is 2. The largest absolute Gasteiger partial charge is 0.353 e. The average molecular weight is 388 g/mol. The van der Waals surface area contributed by atoms with Crippen LogP contribution in [0.1, 0.15) is 30.9 Å². The Hall–Kier alpha value is -2.66. The molecule has 29 heavy (non-hydrogen) atoms. The van der Waals surface area contributed by atoms with E-state index < -0.39 is 0 Å². The first-order valence-electron chi connectivity index (χ1n) is 10.9. The van der Waals surface area contributed by atoms with Crippen LogP contribution in [0.2, 0.25) is 0 Å². The van der Waals surface area contributed by atoms with Gasteiger partial charge in [-0.05, 0) is 55.6 Å². The molecule has 3 aromatic rings. The van der Waals surface area contributed by atoms with Crippen LogP contribution in [0.15, 0.2) is 48.5 Å². The van der Waals surface area contributed by atoms with E-state index in [1.54, 1.807) is 0 Å². The quantitative estimate of drug-likeness (QED) is 0.714. The maximum absolute atomic E-state index is 4.99. The van der Waals surface area contributed by atoms with Gasteiger partial charge >= 0.3 is 0 Å². The Morgan fingerprint density at radius 1 is 1.00 bits per heavy atom. The lowest BCUT2D eigenvalue weighted by molar-refractivity contribution is 0.277. The zero-order valence-corrected chi connectivity index (χ0v) is 17.1. The molecule has 5 nitrogen and oxygen atoms in total. The van der Waals surface area contributed by atoms with E-state index in [-0.39, 0.29) is 0 Å². The van der Waals surface area contributed by atoms with Gasteiger partial charge in [0.1, 0.15) is 5.82 Å². The van der Waals surface area contributed by atoms with E-state index in [4.69, 9.17) is 9.97 Å². The third-order valence-electron chi connectivity index (χ3n) is 6.41. The molecular weight excluding hydrogens is 358 g/mol. The molecule has 2 aromatic carbocycles. The van der Waals surface area contributed by atoms with Crippen molar-refractivity contribution in [2.75, 3.05) is 36.4 Å². The molecule has 1 fully saturated rings. The van der Waals surface area contributed by atoms with Gasteiger partial charge in [0.05, 0.1) is 5.52 Å². The van der Waals surface area contributed by atoms with Gasteiger partial charge in [-0.25, -0.2) is 4.98 Å². The lowest BCUT2D eigenvalue weighted by Gasteiger charge is -2.31. The van der Waals surface area contributed by atoms with Crippen LogP contribution in [-0.4, -0.2) is 47.1 Å². The number of benzene rings is 2. The molecule has 1 unspecified atom stereocenters. The molecule has 5 rings (SSSR count). The minimum atomic E-state index is 0.584. The molecule has 150 valence electrons. The first-order valence-corrected chi connectivity index (χ1v) is 10.9. The second kappa shape index (κ2) is 7.99. The summed E-state index contributed by atoms with van der Waals surface area (Å²) in [7, 11) is 0. The van der Waals surface area contributed by atoms with Crippen LogP contribution in [0, 0.1) is 0 Å². The van der Waals surface area contributed by atoms with E-state index in [1.807, 2.05) is 0 Å². The third kappa shape index (κ3) is 3.67. The number of nitrogens with one attached hydrogen (secondary N) is 1. The number of nitrogens with zero attached hydrogens (tertiary/aromatic N) is 4. The molecule has 1 saturated heterocycles. The Kier molecular flexibility index (Phi) is 5.06. The molecule has 0 amide bonds. The van der Waals surface area contributed by atoms with Crippen LogP contribution in [0.3, 0.4) is 0 Å². The normalized spacial score (nSPS) is 19.5. The second-order valence-corrected chi connectivity index (χ2v) is 8.13. The van der Waals surface area contributed by atoms with Crippen molar-refractivity contribution in [3.05, 3.63) is 59.7 Å². The maximum Gasteiger partial charge on any atom is 0.225 e. The lowest BCUT2D eigenvalue weighted by atomic mass is 10.00. The van der Waals surface area contributed by atoms with Crippen LogP contribution in [0.4, 0.5) is 11.8 Å². The summed E-state index contributed by atoms with van der Waals surface area (Å²) in [5.74, 6) is 1.80. The number of anilines is 2. The zero-order chi connectivity index (χ0) is 19.6. The summed E-state index contributed by atoms with van der Waals surface area (Å²) < 4.78 is 0. The molecule has 0 radical (unpaired) electrons. The van der Waals surface area contributed by atoms with E-state index in [2.05, 4.69) is 70.6 Å². The summed E-state index contributed by atoms with van der Waals surface area (Å²) in [6.45, 7) is 7.38. The highest BCUT2D eigenvalue weighted by Gasteiger charge is 2.24. The molecule has 0 aliphatic carbocycles. The van der Waals surface area contributed by atoms with Crippen LogP contribution in [0.25, 0.3) is 10.9 Å². The van der Waals surface area contributed by atoms with Crippen LogP contribution >= 0.6 is 0 Å². The minimum absolute atomic E-state index is 0.584. The standard InChI is InChI=1S/C24H29N5/c1-2-28-14-7-10-20(28)16-25-24-26-22-12-6-5-11-21(22)23(27-24)29-15-13-18-8-3-4-9-19(18)17-29/h3-6,8-9,11-12,20H,2,7,10,13-17H2,1H3,(H,25,26,27). The first-order chi connectivity index (χ1) is 14.3. The summed E-state index contributed by atoms with van der Waals surface area (Å²) in [5, 5.41) is 4.68. The Morgan fingerprint density at radius 2 is 1.83 bits per heavy atom. The predicted octanol–water partition coefficient (Wildman–Crippen LogP) is 4.09. The topological polar surface area (TPSA) is 44.3 Å². The predicted molar refractivity (Wildman–Crippen MR) is 119 cm³/mol. The van der Waals surface area contributed by atoms with Crippen molar-refractivity contribution in [3.63, 3.8) is 0 Å². The summed E-state index contributed by atoms with van der Waals surface area (Å²) in [4.78, 5) is 14.8. The molecule has 2 aliphatic heterocycles. The second-order valence-electron chi connectivity index (χ2n) is 8.13. The van der Waals surface area contributed by atoms with Gasteiger partial charge in [0.2, 0.25) is 5.95 Å². The smallest absolute Gasteiger partial charge is 0.225 e. The van der Waals surface area contributed by atoms with E-state index in [0.29, 0.717) is 6.04 Å². The highest BCUT2D eigenvalue weighted by Crippen LogP contribution is 2.30. The minimum Gasteiger partial charge on any atom is -0.353 e. The highest BCUT2D eigenvalue weighted by atomic mass is 15.2.